The zero-order chi connectivity index (χ0) is 16.1. The van der Waals surface area contributed by atoms with Crippen molar-refractivity contribution in [2.75, 3.05) is 5.32 Å². The minimum absolute atomic E-state index is 0.0216. The van der Waals surface area contributed by atoms with Crippen molar-refractivity contribution in [3.8, 4) is 5.75 Å². The lowest BCUT2D eigenvalue weighted by molar-refractivity contribution is -0.0500. The summed E-state index contributed by atoms with van der Waals surface area (Å²) in [5, 5.41) is 3.52. The van der Waals surface area contributed by atoms with Gasteiger partial charge in [-0.1, -0.05) is 18.5 Å². The summed E-state index contributed by atoms with van der Waals surface area (Å²) in [6, 6.07) is 3.04. The van der Waals surface area contributed by atoms with Gasteiger partial charge in [-0.05, 0) is 19.1 Å². The number of aryl methyl sites for hydroxylation is 1. The Morgan fingerprint density at radius 3 is 2.68 bits per heavy atom. The average molecular weight is 329 g/mol. The molecule has 0 aliphatic heterocycles. The molecule has 22 heavy (non-hydrogen) atoms. The van der Waals surface area contributed by atoms with E-state index in [-0.39, 0.29) is 5.75 Å². The minimum Gasteiger partial charge on any atom is -0.433 e. The van der Waals surface area contributed by atoms with Crippen LogP contribution in [0.1, 0.15) is 24.0 Å². The first kappa shape index (κ1) is 16.4. The van der Waals surface area contributed by atoms with Gasteiger partial charge in [-0.25, -0.2) is 9.97 Å². The quantitative estimate of drug-likeness (QED) is 0.821. The standard InChI is InChI=1S/C14H15ClF2N4O/c1-3-11-20-12(15)8(2)13(21-11)19-6-9-4-5-10(7-18-9)22-14(16)17/h4-5,7,14H,3,6H2,1-2H3,(H,19,20,21). The monoisotopic (exact) mass is 328 g/mol. The zero-order valence-corrected chi connectivity index (χ0v) is 12.9. The Morgan fingerprint density at radius 1 is 1.32 bits per heavy atom. The minimum atomic E-state index is -2.86. The zero-order valence-electron chi connectivity index (χ0n) is 12.1. The van der Waals surface area contributed by atoms with E-state index in [4.69, 9.17) is 11.6 Å². The number of hydrogen-bond donors (Lipinski definition) is 1. The molecular weight excluding hydrogens is 314 g/mol. The summed E-state index contributed by atoms with van der Waals surface area (Å²) >= 11 is 6.05. The molecule has 118 valence electrons. The Morgan fingerprint density at radius 2 is 2.09 bits per heavy atom. The first-order valence-corrected chi connectivity index (χ1v) is 7.04. The fraction of sp³-hybridized carbons (Fsp3) is 0.357. The number of alkyl halides is 2. The molecule has 0 unspecified atom stereocenters. The molecule has 0 aliphatic rings. The van der Waals surface area contributed by atoms with Crippen LogP contribution in [-0.2, 0) is 13.0 Å². The molecule has 0 aliphatic carbocycles. The molecular formula is C14H15ClF2N4O. The van der Waals surface area contributed by atoms with Crippen molar-refractivity contribution in [1.82, 2.24) is 15.0 Å². The van der Waals surface area contributed by atoms with Gasteiger partial charge in [-0.3, -0.25) is 4.98 Å². The maximum Gasteiger partial charge on any atom is 0.387 e. The lowest BCUT2D eigenvalue weighted by atomic mass is 10.3. The van der Waals surface area contributed by atoms with Crippen molar-refractivity contribution >= 4 is 17.4 Å². The first-order valence-electron chi connectivity index (χ1n) is 6.66. The SMILES string of the molecule is CCc1nc(Cl)c(C)c(NCc2ccc(OC(F)F)cn2)n1. The number of ether oxygens (including phenoxy) is 1. The molecule has 0 bridgehead atoms. The smallest absolute Gasteiger partial charge is 0.387 e. The van der Waals surface area contributed by atoms with Crippen molar-refractivity contribution in [3.63, 3.8) is 0 Å². The van der Waals surface area contributed by atoms with Gasteiger partial charge in [0.15, 0.2) is 0 Å². The summed E-state index contributed by atoms with van der Waals surface area (Å²) in [6.45, 7) is 1.28. The van der Waals surface area contributed by atoms with Crippen LogP contribution in [0.5, 0.6) is 5.75 Å². The molecule has 0 aromatic carbocycles. The van der Waals surface area contributed by atoms with E-state index < -0.39 is 6.61 Å². The van der Waals surface area contributed by atoms with Crippen LogP contribution in [0.4, 0.5) is 14.6 Å². The number of anilines is 1. The second-order valence-electron chi connectivity index (χ2n) is 4.48. The molecule has 2 aromatic heterocycles. The summed E-state index contributed by atoms with van der Waals surface area (Å²) in [6.07, 6.45) is 1.92. The molecule has 0 radical (unpaired) electrons. The van der Waals surface area contributed by atoms with Crippen LogP contribution in [-0.4, -0.2) is 21.6 Å². The van der Waals surface area contributed by atoms with E-state index in [0.29, 0.717) is 35.5 Å². The van der Waals surface area contributed by atoms with E-state index in [1.807, 2.05) is 13.8 Å². The summed E-state index contributed by atoms with van der Waals surface area (Å²) in [5.41, 5.74) is 1.41. The highest BCUT2D eigenvalue weighted by Gasteiger charge is 2.09. The Balaban J connectivity index is 2.05. The molecule has 2 rings (SSSR count). The van der Waals surface area contributed by atoms with E-state index in [1.165, 1.54) is 12.3 Å². The summed E-state index contributed by atoms with van der Waals surface area (Å²) in [7, 11) is 0. The molecule has 2 aromatic rings. The van der Waals surface area contributed by atoms with Gasteiger partial charge in [0.25, 0.3) is 0 Å². The third kappa shape index (κ3) is 4.24. The van der Waals surface area contributed by atoms with Gasteiger partial charge in [-0.15, -0.1) is 0 Å². The Bertz CT molecular complexity index is 637. The number of rotatable bonds is 6. The molecule has 1 N–H and O–H groups in total. The predicted molar refractivity (Wildman–Crippen MR) is 79.4 cm³/mol. The van der Waals surface area contributed by atoms with Crippen LogP contribution >= 0.6 is 11.6 Å². The van der Waals surface area contributed by atoms with Gasteiger partial charge in [0.2, 0.25) is 0 Å². The maximum absolute atomic E-state index is 12.1. The third-order valence-corrected chi connectivity index (χ3v) is 3.28. The first-order chi connectivity index (χ1) is 10.5. The van der Waals surface area contributed by atoms with Gasteiger partial charge in [-0.2, -0.15) is 8.78 Å². The number of nitrogens with zero attached hydrogens (tertiary/aromatic N) is 3. The molecule has 2 heterocycles. The van der Waals surface area contributed by atoms with Crippen LogP contribution in [0.3, 0.4) is 0 Å². The van der Waals surface area contributed by atoms with Crippen molar-refractivity contribution < 1.29 is 13.5 Å². The molecule has 0 fully saturated rings. The van der Waals surface area contributed by atoms with E-state index >= 15 is 0 Å². The van der Waals surface area contributed by atoms with Crippen molar-refractivity contribution in [2.45, 2.75) is 33.4 Å². The largest absolute Gasteiger partial charge is 0.433 e. The second-order valence-corrected chi connectivity index (χ2v) is 4.83. The summed E-state index contributed by atoms with van der Waals surface area (Å²) in [4.78, 5) is 12.6. The normalized spacial score (nSPS) is 10.8. The van der Waals surface area contributed by atoms with Gasteiger partial charge in [0.05, 0.1) is 18.4 Å². The van der Waals surface area contributed by atoms with Crippen LogP contribution in [0, 0.1) is 6.92 Å². The van der Waals surface area contributed by atoms with Crippen molar-refractivity contribution in [2.24, 2.45) is 0 Å². The number of halogens is 3. The van der Waals surface area contributed by atoms with Gasteiger partial charge >= 0.3 is 6.61 Å². The highest BCUT2D eigenvalue weighted by Crippen LogP contribution is 2.21. The van der Waals surface area contributed by atoms with E-state index in [1.54, 1.807) is 6.07 Å². The molecule has 0 spiro atoms. The van der Waals surface area contributed by atoms with Crippen molar-refractivity contribution in [1.29, 1.82) is 0 Å². The lowest BCUT2D eigenvalue weighted by Crippen LogP contribution is -2.08. The highest BCUT2D eigenvalue weighted by molar-refractivity contribution is 6.30. The number of nitrogens with one attached hydrogen (secondary N) is 1. The Labute approximate surface area is 131 Å². The molecule has 5 nitrogen and oxygen atoms in total. The summed E-state index contributed by atoms with van der Waals surface area (Å²) in [5.74, 6) is 1.30. The third-order valence-electron chi connectivity index (χ3n) is 2.91. The van der Waals surface area contributed by atoms with Gasteiger partial charge in [0, 0.05) is 12.0 Å². The molecule has 0 atom stereocenters. The molecule has 8 heteroatoms. The molecule has 0 amide bonds. The number of pyridine rings is 1. The number of aromatic nitrogens is 3. The highest BCUT2D eigenvalue weighted by atomic mass is 35.5. The number of hydrogen-bond acceptors (Lipinski definition) is 5. The molecule has 0 saturated carbocycles. The lowest BCUT2D eigenvalue weighted by Gasteiger charge is -2.11. The van der Waals surface area contributed by atoms with Gasteiger partial charge in [0.1, 0.15) is 22.5 Å². The second kappa shape index (κ2) is 7.31. The van der Waals surface area contributed by atoms with Crippen molar-refractivity contribution in [3.05, 3.63) is 40.6 Å². The van der Waals surface area contributed by atoms with Gasteiger partial charge < -0.3 is 10.1 Å². The molecule has 0 saturated heterocycles. The fourth-order valence-corrected chi connectivity index (χ4v) is 1.91. The van der Waals surface area contributed by atoms with Crippen LogP contribution < -0.4 is 10.1 Å². The van der Waals surface area contributed by atoms with E-state index in [2.05, 4.69) is 25.0 Å². The van der Waals surface area contributed by atoms with E-state index in [0.717, 1.165) is 5.56 Å². The van der Waals surface area contributed by atoms with Crippen LogP contribution in [0.2, 0.25) is 5.15 Å². The fourth-order valence-electron chi connectivity index (χ4n) is 1.73. The predicted octanol–water partition coefficient (Wildman–Crippen LogP) is 3.61. The van der Waals surface area contributed by atoms with Crippen LogP contribution in [0.15, 0.2) is 18.3 Å². The Kier molecular flexibility index (Phi) is 5.43. The van der Waals surface area contributed by atoms with Crippen LogP contribution in [0.25, 0.3) is 0 Å². The average Bonchev–Trinajstić information content (AvgIpc) is 2.49. The maximum atomic E-state index is 12.1. The Hall–Kier alpha value is -2.02. The topological polar surface area (TPSA) is 59.9 Å². The van der Waals surface area contributed by atoms with E-state index in [9.17, 15) is 8.78 Å². The summed E-state index contributed by atoms with van der Waals surface area (Å²) < 4.78 is 28.4.